The van der Waals surface area contributed by atoms with Crippen molar-refractivity contribution in [2.75, 3.05) is 6.54 Å². The number of nitrogens with zero attached hydrogens (tertiary/aromatic N) is 1. The Morgan fingerprint density at radius 2 is 2.16 bits per heavy atom. The third-order valence-corrected chi connectivity index (χ3v) is 4.98. The average molecular weight is 254 g/mol. The number of benzene rings is 1. The summed E-state index contributed by atoms with van der Waals surface area (Å²) < 4.78 is 0. The Morgan fingerprint density at radius 1 is 1.32 bits per heavy atom. The van der Waals surface area contributed by atoms with Crippen LogP contribution in [-0.4, -0.2) is 22.3 Å². The number of nitrogens with one attached hydrogen (secondary N) is 1. The molecule has 0 aliphatic carbocycles. The van der Waals surface area contributed by atoms with Crippen LogP contribution in [0.5, 0.6) is 0 Å². The Bertz CT molecular complexity index is 700. The van der Waals surface area contributed by atoms with E-state index in [4.69, 9.17) is 0 Å². The van der Waals surface area contributed by atoms with Crippen LogP contribution in [0, 0.1) is 6.92 Å². The fourth-order valence-electron chi connectivity index (χ4n) is 3.97. The highest BCUT2D eigenvalue weighted by Crippen LogP contribution is 2.45. The number of aromatic nitrogens is 1. The topological polar surface area (TPSA) is 36.1 Å². The normalized spacial score (nSPS) is 25.8. The monoisotopic (exact) mass is 254 g/mol. The molecule has 1 amide bonds. The van der Waals surface area contributed by atoms with Gasteiger partial charge in [0.25, 0.3) is 0 Å². The minimum atomic E-state index is -0.115. The number of fused-ring (bicyclic) bond motifs is 5. The van der Waals surface area contributed by atoms with Gasteiger partial charge in [0.05, 0.1) is 5.54 Å². The van der Waals surface area contributed by atoms with Crippen molar-refractivity contribution in [1.82, 2.24) is 9.88 Å². The highest BCUT2D eigenvalue weighted by Gasteiger charge is 2.47. The van der Waals surface area contributed by atoms with E-state index in [-0.39, 0.29) is 5.54 Å². The zero-order chi connectivity index (χ0) is 13.2. The van der Waals surface area contributed by atoms with Gasteiger partial charge in [-0.05, 0) is 43.9 Å². The standard InChI is InChI=1S/C16H18N2O/c1-10-4-3-5-12-14(10)11-7-9-18-13(19)6-8-16(18,2)15(11)17-12/h3-5,17H,6-9H2,1-2H3/t16-/m1/s1. The van der Waals surface area contributed by atoms with Gasteiger partial charge in [-0.2, -0.15) is 0 Å². The van der Waals surface area contributed by atoms with Crippen molar-refractivity contribution in [1.29, 1.82) is 0 Å². The molecule has 98 valence electrons. The quantitative estimate of drug-likeness (QED) is 0.771. The number of amides is 1. The molecule has 4 rings (SSSR count). The number of H-pyrrole nitrogens is 1. The van der Waals surface area contributed by atoms with Crippen LogP contribution >= 0.6 is 0 Å². The summed E-state index contributed by atoms with van der Waals surface area (Å²) in [5.41, 5.74) is 5.13. The molecule has 2 aromatic rings. The molecule has 1 saturated heterocycles. The van der Waals surface area contributed by atoms with E-state index in [2.05, 4.69) is 41.9 Å². The first-order chi connectivity index (χ1) is 9.11. The Kier molecular flexibility index (Phi) is 1.99. The molecule has 2 aliphatic heterocycles. The van der Waals surface area contributed by atoms with E-state index in [1.54, 1.807) is 0 Å². The molecule has 0 saturated carbocycles. The minimum absolute atomic E-state index is 0.115. The van der Waals surface area contributed by atoms with Crippen molar-refractivity contribution in [3.05, 3.63) is 35.0 Å². The van der Waals surface area contributed by atoms with Crippen LogP contribution in [0.15, 0.2) is 18.2 Å². The second kappa shape index (κ2) is 3.41. The Labute approximate surface area is 112 Å². The first kappa shape index (κ1) is 11.1. The Morgan fingerprint density at radius 3 is 3.00 bits per heavy atom. The number of carbonyl (C=O) groups excluding carboxylic acids is 1. The zero-order valence-corrected chi connectivity index (χ0v) is 11.4. The van der Waals surface area contributed by atoms with Crippen molar-refractivity contribution in [2.24, 2.45) is 0 Å². The van der Waals surface area contributed by atoms with Gasteiger partial charge in [0.1, 0.15) is 0 Å². The van der Waals surface area contributed by atoms with Gasteiger partial charge in [-0.25, -0.2) is 0 Å². The third-order valence-electron chi connectivity index (χ3n) is 4.98. The molecule has 3 nitrogen and oxygen atoms in total. The lowest BCUT2D eigenvalue weighted by Crippen LogP contribution is -2.46. The molecule has 0 bridgehead atoms. The molecule has 0 radical (unpaired) electrons. The van der Waals surface area contributed by atoms with Crippen LogP contribution in [0.2, 0.25) is 0 Å². The molecule has 3 heterocycles. The van der Waals surface area contributed by atoms with Crippen LogP contribution in [0.4, 0.5) is 0 Å². The fraction of sp³-hybridized carbons (Fsp3) is 0.438. The van der Waals surface area contributed by atoms with Crippen molar-refractivity contribution in [3.8, 4) is 0 Å². The van der Waals surface area contributed by atoms with E-state index in [9.17, 15) is 4.79 Å². The maximum absolute atomic E-state index is 12.0. The van der Waals surface area contributed by atoms with Crippen LogP contribution in [0.1, 0.15) is 36.6 Å². The van der Waals surface area contributed by atoms with E-state index in [1.165, 1.54) is 27.7 Å². The molecule has 1 aromatic heterocycles. The highest BCUT2D eigenvalue weighted by molar-refractivity contribution is 5.90. The maximum Gasteiger partial charge on any atom is 0.223 e. The smallest absolute Gasteiger partial charge is 0.223 e. The van der Waals surface area contributed by atoms with Gasteiger partial charge in [-0.3, -0.25) is 4.79 Å². The lowest BCUT2D eigenvalue weighted by molar-refractivity contribution is -0.131. The van der Waals surface area contributed by atoms with Crippen LogP contribution < -0.4 is 0 Å². The summed E-state index contributed by atoms with van der Waals surface area (Å²) in [5.74, 6) is 0.309. The van der Waals surface area contributed by atoms with Crippen LogP contribution in [-0.2, 0) is 16.8 Å². The molecule has 19 heavy (non-hydrogen) atoms. The van der Waals surface area contributed by atoms with Gasteiger partial charge in [0, 0.05) is 29.6 Å². The van der Waals surface area contributed by atoms with Gasteiger partial charge in [0.15, 0.2) is 0 Å². The zero-order valence-electron chi connectivity index (χ0n) is 11.4. The van der Waals surface area contributed by atoms with Crippen LogP contribution in [0.3, 0.4) is 0 Å². The highest BCUT2D eigenvalue weighted by atomic mass is 16.2. The molecule has 0 spiro atoms. The molecule has 3 heteroatoms. The van der Waals surface area contributed by atoms with E-state index in [0.29, 0.717) is 12.3 Å². The Hall–Kier alpha value is -1.77. The number of aryl methyl sites for hydroxylation is 1. The number of rotatable bonds is 0. The van der Waals surface area contributed by atoms with Crippen molar-refractivity contribution < 1.29 is 4.79 Å². The average Bonchev–Trinajstić information content (AvgIpc) is 2.90. The first-order valence-electron chi connectivity index (χ1n) is 7.02. The van der Waals surface area contributed by atoms with Gasteiger partial charge in [-0.15, -0.1) is 0 Å². The molecular weight excluding hydrogens is 236 g/mol. The summed E-state index contributed by atoms with van der Waals surface area (Å²) in [7, 11) is 0. The lowest BCUT2D eigenvalue weighted by atomic mass is 9.86. The summed E-state index contributed by atoms with van der Waals surface area (Å²) >= 11 is 0. The molecular formula is C16H18N2O. The number of hydrogen-bond acceptors (Lipinski definition) is 1. The van der Waals surface area contributed by atoms with E-state index < -0.39 is 0 Å². The van der Waals surface area contributed by atoms with Gasteiger partial charge < -0.3 is 9.88 Å². The molecule has 1 aromatic carbocycles. The van der Waals surface area contributed by atoms with Crippen molar-refractivity contribution in [3.63, 3.8) is 0 Å². The second-order valence-electron chi connectivity index (χ2n) is 6.05. The Balaban J connectivity index is 2.03. The number of hydrogen-bond donors (Lipinski definition) is 1. The van der Waals surface area contributed by atoms with Gasteiger partial charge in [0.2, 0.25) is 5.91 Å². The maximum atomic E-state index is 12.0. The summed E-state index contributed by atoms with van der Waals surface area (Å²) in [5, 5.41) is 1.37. The van der Waals surface area contributed by atoms with E-state index in [1.807, 2.05) is 0 Å². The largest absolute Gasteiger partial charge is 0.356 e. The SMILES string of the molecule is Cc1cccc2[nH]c3c(c12)CCN1C(=O)CC[C@]31C. The third kappa shape index (κ3) is 1.25. The minimum Gasteiger partial charge on any atom is -0.356 e. The van der Waals surface area contributed by atoms with E-state index in [0.717, 1.165) is 19.4 Å². The predicted molar refractivity (Wildman–Crippen MR) is 75.0 cm³/mol. The first-order valence-corrected chi connectivity index (χ1v) is 7.02. The van der Waals surface area contributed by atoms with E-state index >= 15 is 0 Å². The van der Waals surface area contributed by atoms with Gasteiger partial charge >= 0.3 is 0 Å². The number of carbonyl (C=O) groups is 1. The fourth-order valence-corrected chi connectivity index (χ4v) is 3.97. The molecule has 1 fully saturated rings. The van der Waals surface area contributed by atoms with Gasteiger partial charge in [-0.1, -0.05) is 12.1 Å². The molecule has 1 atom stereocenters. The molecule has 1 N–H and O–H groups in total. The van der Waals surface area contributed by atoms with Crippen LogP contribution in [0.25, 0.3) is 10.9 Å². The van der Waals surface area contributed by atoms with Crippen molar-refractivity contribution in [2.45, 2.75) is 38.6 Å². The summed E-state index contributed by atoms with van der Waals surface area (Å²) in [6.07, 6.45) is 2.59. The summed E-state index contributed by atoms with van der Waals surface area (Å²) in [6.45, 7) is 5.25. The summed E-state index contributed by atoms with van der Waals surface area (Å²) in [6, 6.07) is 6.41. The molecule has 0 unspecified atom stereocenters. The second-order valence-corrected chi connectivity index (χ2v) is 6.05. The summed E-state index contributed by atoms with van der Waals surface area (Å²) in [4.78, 5) is 17.7. The number of aromatic amines is 1. The predicted octanol–water partition coefficient (Wildman–Crippen LogP) is 2.87. The lowest BCUT2D eigenvalue weighted by Gasteiger charge is -2.39. The molecule has 2 aliphatic rings. The van der Waals surface area contributed by atoms with Crippen molar-refractivity contribution >= 4 is 16.8 Å².